The molecule has 0 aliphatic carbocycles. The SMILES string of the molecule is CNC(=O)c1ccc(NC2CCN(C(=O)OC(C)(C)C)CC2)c2cccnc12. The van der Waals surface area contributed by atoms with E-state index in [0.717, 1.165) is 23.9 Å². The number of benzene rings is 1. The number of carbonyl (C=O) groups excluding carboxylic acids is 2. The molecule has 0 unspecified atom stereocenters. The number of hydrogen-bond donors (Lipinski definition) is 2. The first-order valence-corrected chi connectivity index (χ1v) is 9.63. The van der Waals surface area contributed by atoms with Crippen molar-refractivity contribution in [3.05, 3.63) is 36.0 Å². The number of amides is 2. The highest BCUT2D eigenvalue weighted by Gasteiger charge is 2.27. The summed E-state index contributed by atoms with van der Waals surface area (Å²) in [6.45, 7) is 6.93. The van der Waals surface area contributed by atoms with Crippen LogP contribution in [0.15, 0.2) is 30.5 Å². The first-order chi connectivity index (χ1) is 13.3. The summed E-state index contributed by atoms with van der Waals surface area (Å²) in [5.74, 6) is -0.152. The third-order valence-corrected chi connectivity index (χ3v) is 4.75. The van der Waals surface area contributed by atoms with E-state index in [4.69, 9.17) is 4.74 Å². The fraction of sp³-hybridized carbons (Fsp3) is 0.476. The highest BCUT2D eigenvalue weighted by atomic mass is 16.6. The molecule has 1 saturated heterocycles. The van der Waals surface area contributed by atoms with Crippen LogP contribution in [0.5, 0.6) is 0 Å². The van der Waals surface area contributed by atoms with E-state index in [1.54, 1.807) is 24.2 Å². The van der Waals surface area contributed by atoms with Crippen molar-refractivity contribution in [3.8, 4) is 0 Å². The lowest BCUT2D eigenvalue weighted by molar-refractivity contribution is 0.0210. The molecule has 0 radical (unpaired) electrons. The molecule has 2 heterocycles. The summed E-state index contributed by atoms with van der Waals surface area (Å²) in [5.41, 5.74) is 1.71. The van der Waals surface area contributed by atoms with E-state index in [2.05, 4.69) is 15.6 Å². The van der Waals surface area contributed by atoms with Crippen molar-refractivity contribution in [1.29, 1.82) is 0 Å². The number of carbonyl (C=O) groups is 2. The van der Waals surface area contributed by atoms with Crippen LogP contribution in [0.4, 0.5) is 10.5 Å². The largest absolute Gasteiger partial charge is 0.444 e. The standard InChI is InChI=1S/C21H28N4O3/c1-21(2,3)28-20(27)25-12-9-14(10-13-25)24-17-8-7-16(19(26)22-4)18-15(17)6-5-11-23-18/h5-8,11,14,24H,9-10,12-13H2,1-4H3,(H,22,26). The second kappa shape index (κ2) is 8.04. The number of nitrogens with one attached hydrogen (secondary N) is 2. The Bertz CT molecular complexity index is 868. The molecule has 0 bridgehead atoms. The van der Waals surface area contributed by atoms with Gasteiger partial charge in [0.15, 0.2) is 0 Å². The molecule has 1 aromatic carbocycles. The maximum Gasteiger partial charge on any atom is 0.410 e. The lowest BCUT2D eigenvalue weighted by Crippen LogP contribution is -2.44. The highest BCUT2D eigenvalue weighted by molar-refractivity contribution is 6.08. The minimum atomic E-state index is -0.482. The van der Waals surface area contributed by atoms with Crippen LogP contribution < -0.4 is 10.6 Å². The smallest absolute Gasteiger partial charge is 0.410 e. The van der Waals surface area contributed by atoms with Gasteiger partial charge in [-0.3, -0.25) is 9.78 Å². The van der Waals surface area contributed by atoms with Crippen LogP contribution in [-0.4, -0.2) is 53.7 Å². The van der Waals surface area contributed by atoms with Gasteiger partial charge in [-0.25, -0.2) is 4.79 Å². The second-order valence-electron chi connectivity index (χ2n) is 8.03. The summed E-state index contributed by atoms with van der Waals surface area (Å²) in [6.07, 6.45) is 3.10. The van der Waals surface area contributed by atoms with Crippen LogP contribution in [0.3, 0.4) is 0 Å². The van der Waals surface area contributed by atoms with Gasteiger partial charge in [0, 0.05) is 43.4 Å². The average molecular weight is 384 g/mol. The van der Waals surface area contributed by atoms with Gasteiger partial charge in [0.05, 0.1) is 11.1 Å². The van der Waals surface area contributed by atoms with E-state index in [0.29, 0.717) is 24.2 Å². The quantitative estimate of drug-likeness (QED) is 0.847. The Morgan fingerprint density at radius 3 is 2.54 bits per heavy atom. The maximum absolute atomic E-state index is 12.2. The molecule has 0 spiro atoms. The number of fused-ring (bicyclic) bond motifs is 1. The number of likely N-dealkylation sites (tertiary alicyclic amines) is 1. The summed E-state index contributed by atoms with van der Waals surface area (Å²) < 4.78 is 5.46. The topological polar surface area (TPSA) is 83.6 Å². The summed E-state index contributed by atoms with van der Waals surface area (Å²) in [6, 6.07) is 7.80. The molecule has 0 atom stereocenters. The Labute approximate surface area is 165 Å². The summed E-state index contributed by atoms with van der Waals surface area (Å²) in [7, 11) is 1.61. The molecule has 7 nitrogen and oxygen atoms in total. The van der Waals surface area contributed by atoms with Gasteiger partial charge >= 0.3 is 6.09 Å². The Balaban J connectivity index is 1.70. The van der Waals surface area contributed by atoms with Crippen LogP contribution in [0, 0.1) is 0 Å². The van der Waals surface area contributed by atoms with Crippen molar-refractivity contribution in [1.82, 2.24) is 15.2 Å². The van der Waals surface area contributed by atoms with Crippen molar-refractivity contribution in [2.24, 2.45) is 0 Å². The lowest BCUT2D eigenvalue weighted by atomic mass is 10.0. The van der Waals surface area contributed by atoms with E-state index in [9.17, 15) is 9.59 Å². The van der Waals surface area contributed by atoms with Crippen LogP contribution in [-0.2, 0) is 4.74 Å². The second-order valence-corrected chi connectivity index (χ2v) is 8.03. The Hall–Kier alpha value is -2.83. The van der Waals surface area contributed by atoms with Crippen LogP contribution in [0.2, 0.25) is 0 Å². The van der Waals surface area contributed by atoms with E-state index in [1.807, 2.05) is 39.0 Å². The number of ether oxygens (including phenoxy) is 1. The Morgan fingerprint density at radius 2 is 1.89 bits per heavy atom. The summed E-state index contributed by atoms with van der Waals surface area (Å²) in [4.78, 5) is 30.5. The fourth-order valence-electron chi connectivity index (χ4n) is 3.37. The van der Waals surface area contributed by atoms with Crippen LogP contribution in [0.1, 0.15) is 44.0 Å². The zero-order valence-electron chi connectivity index (χ0n) is 16.9. The first-order valence-electron chi connectivity index (χ1n) is 9.63. The first kappa shape index (κ1) is 19.9. The minimum absolute atomic E-state index is 0.152. The number of anilines is 1. The molecule has 7 heteroatoms. The van der Waals surface area contributed by atoms with Gasteiger partial charge < -0.3 is 20.3 Å². The predicted molar refractivity (Wildman–Crippen MR) is 110 cm³/mol. The number of nitrogens with zero attached hydrogens (tertiary/aromatic N) is 2. The molecule has 2 aromatic rings. The summed E-state index contributed by atoms with van der Waals surface area (Å²) in [5, 5.41) is 7.14. The van der Waals surface area contributed by atoms with Crippen molar-refractivity contribution < 1.29 is 14.3 Å². The molecule has 3 rings (SSSR count). The monoisotopic (exact) mass is 384 g/mol. The maximum atomic E-state index is 12.2. The molecule has 1 aromatic heterocycles. The Morgan fingerprint density at radius 1 is 1.18 bits per heavy atom. The molecule has 28 heavy (non-hydrogen) atoms. The number of aromatic nitrogens is 1. The third-order valence-electron chi connectivity index (χ3n) is 4.75. The molecule has 0 saturated carbocycles. The number of rotatable bonds is 3. The predicted octanol–water partition coefficient (Wildman–Crippen LogP) is 3.41. The fourth-order valence-corrected chi connectivity index (χ4v) is 3.37. The molecule has 150 valence electrons. The molecule has 1 aliphatic heterocycles. The van der Waals surface area contributed by atoms with Gasteiger partial charge in [-0.15, -0.1) is 0 Å². The van der Waals surface area contributed by atoms with Crippen LogP contribution >= 0.6 is 0 Å². The van der Waals surface area contributed by atoms with Crippen molar-refractivity contribution in [2.45, 2.75) is 45.3 Å². The third kappa shape index (κ3) is 4.52. The van der Waals surface area contributed by atoms with E-state index in [-0.39, 0.29) is 18.0 Å². The van der Waals surface area contributed by atoms with Crippen molar-refractivity contribution in [2.75, 3.05) is 25.5 Å². The minimum Gasteiger partial charge on any atom is -0.444 e. The van der Waals surface area contributed by atoms with Gasteiger partial charge in [0.25, 0.3) is 5.91 Å². The summed E-state index contributed by atoms with van der Waals surface area (Å²) >= 11 is 0. The van der Waals surface area contributed by atoms with Gasteiger partial charge in [-0.2, -0.15) is 0 Å². The van der Waals surface area contributed by atoms with E-state index < -0.39 is 5.60 Å². The normalized spacial score (nSPS) is 15.4. The Kier molecular flexibility index (Phi) is 5.72. The van der Waals surface area contributed by atoms with Gasteiger partial charge in [0.1, 0.15) is 5.60 Å². The highest BCUT2D eigenvalue weighted by Crippen LogP contribution is 2.27. The zero-order valence-corrected chi connectivity index (χ0v) is 16.9. The number of pyridine rings is 1. The lowest BCUT2D eigenvalue weighted by Gasteiger charge is -2.34. The zero-order chi connectivity index (χ0) is 20.3. The average Bonchev–Trinajstić information content (AvgIpc) is 2.67. The van der Waals surface area contributed by atoms with Crippen molar-refractivity contribution >= 4 is 28.6 Å². The van der Waals surface area contributed by atoms with Crippen molar-refractivity contribution in [3.63, 3.8) is 0 Å². The van der Waals surface area contributed by atoms with Gasteiger partial charge in [-0.1, -0.05) is 0 Å². The molecule has 2 amide bonds. The molecule has 1 fully saturated rings. The number of hydrogen-bond acceptors (Lipinski definition) is 5. The number of piperidine rings is 1. The van der Waals surface area contributed by atoms with Gasteiger partial charge in [-0.05, 0) is 57.9 Å². The van der Waals surface area contributed by atoms with E-state index >= 15 is 0 Å². The van der Waals surface area contributed by atoms with Gasteiger partial charge in [0.2, 0.25) is 0 Å². The molecular formula is C21H28N4O3. The van der Waals surface area contributed by atoms with Crippen LogP contribution in [0.25, 0.3) is 10.9 Å². The molecule has 1 aliphatic rings. The van der Waals surface area contributed by atoms with E-state index in [1.165, 1.54) is 0 Å². The molecule has 2 N–H and O–H groups in total. The molecular weight excluding hydrogens is 356 g/mol.